The molecule has 0 bridgehead atoms. The fraction of sp³-hybridized carbons (Fsp3) is 0.0392. The molecule has 1 aliphatic rings. The van der Waals surface area contributed by atoms with Crippen LogP contribution >= 0.6 is 11.3 Å². The topological polar surface area (TPSA) is 54.5 Å². The first-order chi connectivity index (χ1) is 28.2. The van der Waals surface area contributed by atoms with Crippen molar-refractivity contribution in [1.82, 2.24) is 15.2 Å². The molecule has 0 saturated carbocycles. The molecule has 2 unspecified atom stereocenters. The smallest absolute Gasteiger partial charge is 0.146 e. The molecule has 3 aromatic heterocycles. The van der Waals surface area contributed by atoms with Gasteiger partial charge in [-0.1, -0.05) is 133 Å². The van der Waals surface area contributed by atoms with Crippen molar-refractivity contribution in [2.24, 2.45) is 4.99 Å². The van der Waals surface area contributed by atoms with Gasteiger partial charge in [-0.05, 0) is 70.8 Å². The highest BCUT2D eigenvalue weighted by molar-refractivity contribution is 7.25. The summed E-state index contributed by atoms with van der Waals surface area (Å²) in [7, 11) is 0. The van der Waals surface area contributed by atoms with E-state index < -0.39 is 0 Å². The summed E-state index contributed by atoms with van der Waals surface area (Å²) >= 11 is 1.86. The molecule has 0 amide bonds. The van der Waals surface area contributed by atoms with Crippen LogP contribution in [0, 0.1) is 0 Å². The zero-order chi connectivity index (χ0) is 37.5. The van der Waals surface area contributed by atoms with Gasteiger partial charge in [-0.15, -0.1) is 11.3 Å². The molecule has 0 aliphatic carbocycles. The zero-order valence-corrected chi connectivity index (χ0v) is 31.5. The van der Waals surface area contributed by atoms with Gasteiger partial charge in [-0.25, -0.2) is 4.99 Å². The summed E-state index contributed by atoms with van der Waals surface area (Å²) in [4.78, 5) is 5.21. The van der Waals surface area contributed by atoms with E-state index in [9.17, 15) is 0 Å². The average molecular weight is 751 g/mol. The van der Waals surface area contributed by atoms with E-state index in [0.29, 0.717) is 0 Å². The number of aliphatic imine (C=N–C) groups is 1. The highest BCUT2D eigenvalue weighted by atomic mass is 32.1. The summed E-state index contributed by atoms with van der Waals surface area (Å²) in [5.74, 6) is 0.804. The van der Waals surface area contributed by atoms with Crippen molar-refractivity contribution in [1.29, 1.82) is 0 Å². The number of amidine groups is 1. The standard InChI is InChI=1S/C51H34N4OS/c1-3-12-31(13-4-1)49-52-50(32-14-5-2-6-15-32)54-51(53-49)41-19-11-18-40-42-28-33(23-27-45(42)56-48(40)41)34-22-25-38-39-26-24-35(30-47(39)57-46(38)29-34)55-43-20-9-7-16-36(43)37-17-8-10-21-44(37)55/h1-30,49-50,52H,(H,53,54). The zero-order valence-electron chi connectivity index (χ0n) is 30.7. The Balaban J connectivity index is 0.930. The van der Waals surface area contributed by atoms with Crippen LogP contribution < -0.4 is 10.6 Å². The molecule has 0 fully saturated rings. The monoisotopic (exact) mass is 750 g/mol. The highest BCUT2D eigenvalue weighted by Crippen LogP contribution is 2.41. The lowest BCUT2D eigenvalue weighted by molar-refractivity contribution is 0.409. The number of furan rings is 1. The summed E-state index contributed by atoms with van der Waals surface area (Å²) in [5, 5.41) is 14.7. The Kier molecular flexibility index (Phi) is 7.24. The number of para-hydroxylation sites is 3. The second-order valence-electron chi connectivity index (χ2n) is 14.8. The van der Waals surface area contributed by atoms with Crippen molar-refractivity contribution in [3.63, 3.8) is 0 Å². The minimum Gasteiger partial charge on any atom is -0.455 e. The number of aromatic nitrogens is 1. The van der Waals surface area contributed by atoms with Crippen molar-refractivity contribution < 1.29 is 4.42 Å². The molecule has 1 aliphatic heterocycles. The van der Waals surface area contributed by atoms with Crippen molar-refractivity contribution in [2.75, 3.05) is 0 Å². The molecule has 0 saturated heterocycles. The Hall–Kier alpha value is -6.99. The van der Waals surface area contributed by atoms with Crippen LogP contribution in [0.15, 0.2) is 191 Å². The minimum absolute atomic E-state index is 0.126. The predicted molar refractivity (Wildman–Crippen MR) is 238 cm³/mol. The number of nitrogens with zero attached hydrogens (tertiary/aromatic N) is 2. The molecule has 0 radical (unpaired) electrons. The lowest BCUT2D eigenvalue weighted by atomic mass is 10.0. The summed E-state index contributed by atoms with van der Waals surface area (Å²) in [6, 6.07) is 65.0. The number of nitrogens with one attached hydrogen (secondary N) is 2. The van der Waals surface area contributed by atoms with Crippen LogP contribution in [0.5, 0.6) is 0 Å². The lowest BCUT2D eigenvalue weighted by Crippen LogP contribution is -2.45. The molecule has 5 nitrogen and oxygen atoms in total. The van der Waals surface area contributed by atoms with E-state index in [0.717, 1.165) is 50.0 Å². The predicted octanol–water partition coefficient (Wildman–Crippen LogP) is 13.1. The fourth-order valence-electron chi connectivity index (χ4n) is 8.77. The van der Waals surface area contributed by atoms with E-state index in [4.69, 9.17) is 9.41 Å². The van der Waals surface area contributed by atoms with E-state index in [-0.39, 0.29) is 12.3 Å². The van der Waals surface area contributed by atoms with Crippen LogP contribution in [-0.4, -0.2) is 10.4 Å². The Labute approximate surface area is 332 Å². The minimum atomic E-state index is -0.219. The number of fused-ring (bicyclic) bond motifs is 9. The van der Waals surface area contributed by atoms with E-state index in [1.165, 1.54) is 53.2 Å². The van der Waals surface area contributed by atoms with Crippen LogP contribution in [0.1, 0.15) is 29.0 Å². The molecule has 4 heterocycles. The first-order valence-corrected chi connectivity index (χ1v) is 20.2. The highest BCUT2D eigenvalue weighted by Gasteiger charge is 2.27. The van der Waals surface area contributed by atoms with Crippen molar-refractivity contribution in [3.05, 3.63) is 199 Å². The lowest BCUT2D eigenvalue weighted by Gasteiger charge is -2.32. The van der Waals surface area contributed by atoms with Gasteiger partial charge in [-0.3, -0.25) is 5.32 Å². The molecule has 2 N–H and O–H groups in total. The second kappa shape index (κ2) is 12.8. The van der Waals surface area contributed by atoms with Gasteiger partial charge in [-0.2, -0.15) is 0 Å². The van der Waals surface area contributed by atoms with E-state index >= 15 is 0 Å². The van der Waals surface area contributed by atoms with Crippen LogP contribution in [0.2, 0.25) is 0 Å². The third kappa shape index (κ3) is 5.22. The number of rotatable bonds is 5. The molecule has 12 rings (SSSR count). The molecule has 57 heavy (non-hydrogen) atoms. The molecule has 270 valence electrons. The van der Waals surface area contributed by atoms with Crippen molar-refractivity contribution in [2.45, 2.75) is 12.3 Å². The average Bonchev–Trinajstić information content (AvgIpc) is 3.95. The Bertz CT molecular complexity index is 3320. The molecular weight excluding hydrogens is 717 g/mol. The van der Waals surface area contributed by atoms with Gasteiger partial charge < -0.3 is 14.3 Å². The maximum Gasteiger partial charge on any atom is 0.146 e. The van der Waals surface area contributed by atoms with Crippen LogP contribution in [0.25, 0.3) is 80.7 Å². The van der Waals surface area contributed by atoms with Gasteiger partial charge >= 0.3 is 0 Å². The summed E-state index contributed by atoms with van der Waals surface area (Å²) in [6.45, 7) is 0. The first-order valence-electron chi connectivity index (χ1n) is 19.3. The largest absolute Gasteiger partial charge is 0.455 e. The quantitative estimate of drug-likeness (QED) is 0.184. The third-order valence-corrected chi connectivity index (χ3v) is 12.6. The Morgan fingerprint density at radius 3 is 1.91 bits per heavy atom. The summed E-state index contributed by atoms with van der Waals surface area (Å²) < 4.78 is 11.6. The number of hydrogen-bond donors (Lipinski definition) is 2. The van der Waals surface area contributed by atoms with Crippen LogP contribution in [0.4, 0.5) is 0 Å². The number of benzene rings is 8. The first kappa shape index (κ1) is 32.3. The van der Waals surface area contributed by atoms with Crippen molar-refractivity contribution in [3.8, 4) is 16.8 Å². The summed E-state index contributed by atoms with van der Waals surface area (Å²) in [5.41, 5.74) is 10.9. The Morgan fingerprint density at radius 1 is 0.509 bits per heavy atom. The summed E-state index contributed by atoms with van der Waals surface area (Å²) in [6.07, 6.45) is -0.345. The maximum absolute atomic E-state index is 6.67. The van der Waals surface area contributed by atoms with Crippen molar-refractivity contribution >= 4 is 81.1 Å². The van der Waals surface area contributed by atoms with Crippen LogP contribution in [0.3, 0.4) is 0 Å². The van der Waals surface area contributed by atoms with E-state index in [1.807, 2.05) is 23.5 Å². The van der Waals surface area contributed by atoms with Gasteiger partial charge in [0.1, 0.15) is 29.3 Å². The molecule has 11 aromatic rings. The number of hydrogen-bond acceptors (Lipinski definition) is 5. The van der Waals surface area contributed by atoms with Gasteiger partial charge in [0.2, 0.25) is 0 Å². The number of thiophene rings is 1. The van der Waals surface area contributed by atoms with Gasteiger partial charge in [0.25, 0.3) is 0 Å². The maximum atomic E-state index is 6.67. The second-order valence-corrected chi connectivity index (χ2v) is 15.9. The van der Waals surface area contributed by atoms with E-state index in [2.05, 4.69) is 185 Å². The molecule has 2 atom stereocenters. The Morgan fingerprint density at radius 2 is 1.14 bits per heavy atom. The van der Waals surface area contributed by atoms with Gasteiger partial charge in [0.05, 0.1) is 16.6 Å². The fourth-order valence-corrected chi connectivity index (χ4v) is 9.95. The SMILES string of the molecule is c1ccc(C2N=C(c3cccc4c3oc3ccc(-c5ccc6c(c5)sc5cc(-n7c8ccccc8c8ccccc87)ccc56)cc34)NC(c3ccccc3)N2)cc1. The normalized spacial score (nSPS) is 15.9. The third-order valence-electron chi connectivity index (χ3n) is 11.5. The van der Waals surface area contributed by atoms with Gasteiger partial charge in [0.15, 0.2) is 0 Å². The molecule has 8 aromatic carbocycles. The molecular formula is C51H34N4OS. The van der Waals surface area contributed by atoms with Gasteiger partial charge in [0, 0.05) is 47.4 Å². The molecule has 6 heteroatoms. The van der Waals surface area contributed by atoms with E-state index in [1.54, 1.807) is 0 Å². The molecule has 0 spiro atoms. The van der Waals surface area contributed by atoms with Crippen LogP contribution in [-0.2, 0) is 0 Å².